The number of rotatable bonds is 2. The lowest BCUT2D eigenvalue weighted by atomic mass is 9.87. The van der Waals surface area contributed by atoms with Crippen molar-refractivity contribution in [1.29, 1.82) is 0 Å². The van der Waals surface area contributed by atoms with Gasteiger partial charge in [0.15, 0.2) is 0 Å². The molecule has 3 heteroatoms. The van der Waals surface area contributed by atoms with Crippen molar-refractivity contribution < 1.29 is 14.6 Å². The van der Waals surface area contributed by atoms with Crippen molar-refractivity contribution in [1.82, 2.24) is 0 Å². The second-order valence-corrected chi connectivity index (χ2v) is 4.36. The molecule has 0 spiro atoms. The largest absolute Gasteiger partial charge is 0.373 e. The molecule has 0 aliphatic rings. The molecule has 1 rings (SSSR count). The topological polar surface area (TPSA) is 35.5 Å². The Bertz CT molecular complexity index is 333. The molecule has 1 aromatic carbocycles. The van der Waals surface area contributed by atoms with Gasteiger partial charge in [0.25, 0.3) is 0 Å². The Morgan fingerprint density at radius 1 is 1.13 bits per heavy atom. The number of carbonyl (C=O) groups excluding carboxylic acids is 1. The molecule has 3 nitrogen and oxygen atoms in total. The van der Waals surface area contributed by atoms with Crippen molar-refractivity contribution in [2.75, 3.05) is 7.11 Å². The lowest BCUT2D eigenvalue weighted by molar-refractivity contribution is -0.216. The fourth-order valence-electron chi connectivity index (χ4n) is 1.23. The molecule has 0 amide bonds. The van der Waals surface area contributed by atoms with Crippen LogP contribution in [0.15, 0.2) is 24.3 Å². The minimum Gasteiger partial charge on any atom is -0.293 e. The molecule has 0 bridgehead atoms. The Labute approximate surface area is 89.9 Å². The lowest BCUT2D eigenvalue weighted by Gasteiger charge is -2.18. The average molecular weight is 208 g/mol. The van der Waals surface area contributed by atoms with Crippen molar-refractivity contribution in [3.05, 3.63) is 35.4 Å². The van der Waals surface area contributed by atoms with E-state index in [1.54, 1.807) is 12.1 Å². The van der Waals surface area contributed by atoms with Crippen LogP contribution in [0.3, 0.4) is 0 Å². The van der Waals surface area contributed by atoms with E-state index in [4.69, 9.17) is 0 Å². The summed E-state index contributed by atoms with van der Waals surface area (Å²) in [5.74, 6) is -0.474. The predicted molar refractivity (Wildman–Crippen MR) is 57.6 cm³/mol. The lowest BCUT2D eigenvalue weighted by Crippen LogP contribution is -2.11. The Balaban J connectivity index is 2.86. The number of benzene rings is 1. The molecule has 0 saturated heterocycles. The van der Waals surface area contributed by atoms with Crippen molar-refractivity contribution in [3.63, 3.8) is 0 Å². The zero-order chi connectivity index (χ0) is 11.5. The Hall–Kier alpha value is -1.35. The van der Waals surface area contributed by atoms with Gasteiger partial charge in [0.2, 0.25) is 0 Å². The highest BCUT2D eigenvalue weighted by Gasteiger charge is 2.14. The van der Waals surface area contributed by atoms with Gasteiger partial charge >= 0.3 is 5.97 Å². The third-order valence-corrected chi connectivity index (χ3v) is 2.15. The first-order valence-corrected chi connectivity index (χ1v) is 4.80. The summed E-state index contributed by atoms with van der Waals surface area (Å²) in [7, 11) is 1.31. The maximum absolute atomic E-state index is 11.3. The van der Waals surface area contributed by atoms with Gasteiger partial charge in [0.05, 0.1) is 12.7 Å². The fraction of sp³-hybridized carbons (Fsp3) is 0.417. The van der Waals surface area contributed by atoms with Crippen LogP contribution in [0.1, 0.15) is 36.7 Å². The molecule has 0 atom stereocenters. The summed E-state index contributed by atoms with van der Waals surface area (Å²) in [5.41, 5.74) is 1.75. The molecule has 82 valence electrons. The number of hydrogen-bond donors (Lipinski definition) is 0. The van der Waals surface area contributed by atoms with Crippen molar-refractivity contribution in [3.8, 4) is 0 Å². The first-order valence-electron chi connectivity index (χ1n) is 4.80. The summed E-state index contributed by atoms with van der Waals surface area (Å²) < 4.78 is 0. The Kier molecular flexibility index (Phi) is 3.48. The Morgan fingerprint density at radius 3 is 2.07 bits per heavy atom. The van der Waals surface area contributed by atoms with Crippen LogP contribution in [0.25, 0.3) is 0 Å². The molecule has 15 heavy (non-hydrogen) atoms. The molecule has 0 radical (unpaired) electrons. The van der Waals surface area contributed by atoms with Gasteiger partial charge in [0.1, 0.15) is 0 Å². The molecular weight excluding hydrogens is 192 g/mol. The van der Waals surface area contributed by atoms with Crippen molar-refractivity contribution >= 4 is 5.97 Å². The van der Waals surface area contributed by atoms with E-state index in [9.17, 15) is 4.79 Å². The van der Waals surface area contributed by atoms with Crippen molar-refractivity contribution in [2.24, 2.45) is 0 Å². The normalized spacial score (nSPS) is 11.2. The van der Waals surface area contributed by atoms with Gasteiger partial charge in [-0.3, -0.25) is 4.89 Å². The van der Waals surface area contributed by atoms with Crippen LogP contribution in [0.4, 0.5) is 0 Å². The predicted octanol–water partition coefficient (Wildman–Crippen LogP) is 2.70. The van der Waals surface area contributed by atoms with E-state index in [0.717, 1.165) is 0 Å². The van der Waals surface area contributed by atoms with Crippen LogP contribution in [0.2, 0.25) is 0 Å². The van der Waals surface area contributed by atoms with Gasteiger partial charge in [-0.25, -0.2) is 4.79 Å². The standard InChI is InChI=1S/C12H16O3/c1-12(2,3)10-7-5-9(6-8-10)11(13)15-14-4/h5-8H,1-4H3. The number of hydrogen-bond acceptors (Lipinski definition) is 3. The summed E-state index contributed by atoms with van der Waals surface area (Å²) in [5, 5.41) is 0. The van der Waals surface area contributed by atoms with E-state index >= 15 is 0 Å². The van der Waals surface area contributed by atoms with Gasteiger partial charge in [-0.05, 0) is 23.1 Å². The highest BCUT2D eigenvalue weighted by Crippen LogP contribution is 2.22. The van der Waals surface area contributed by atoms with E-state index in [1.807, 2.05) is 12.1 Å². The molecule has 1 aromatic rings. The van der Waals surface area contributed by atoms with E-state index in [0.29, 0.717) is 5.56 Å². The second kappa shape index (κ2) is 4.45. The highest BCUT2D eigenvalue weighted by molar-refractivity contribution is 5.88. The zero-order valence-corrected chi connectivity index (χ0v) is 9.53. The Morgan fingerprint density at radius 2 is 1.67 bits per heavy atom. The van der Waals surface area contributed by atoms with Crippen LogP contribution in [-0.4, -0.2) is 13.1 Å². The molecular formula is C12H16O3. The van der Waals surface area contributed by atoms with Crippen LogP contribution in [-0.2, 0) is 15.2 Å². The maximum Gasteiger partial charge on any atom is 0.373 e. The van der Waals surface area contributed by atoms with Crippen LogP contribution >= 0.6 is 0 Å². The van der Waals surface area contributed by atoms with Crippen molar-refractivity contribution in [2.45, 2.75) is 26.2 Å². The summed E-state index contributed by atoms with van der Waals surface area (Å²) in [6, 6.07) is 7.32. The SMILES string of the molecule is COOC(=O)c1ccc(C(C)(C)C)cc1. The molecule has 0 saturated carbocycles. The molecule has 0 heterocycles. The minimum atomic E-state index is -0.474. The summed E-state index contributed by atoms with van der Waals surface area (Å²) in [4.78, 5) is 20.0. The smallest absolute Gasteiger partial charge is 0.293 e. The van der Waals surface area contributed by atoms with Crippen LogP contribution < -0.4 is 0 Å². The van der Waals surface area contributed by atoms with E-state index in [-0.39, 0.29) is 5.41 Å². The molecule has 0 unspecified atom stereocenters. The van der Waals surface area contributed by atoms with Crippen LogP contribution in [0.5, 0.6) is 0 Å². The second-order valence-electron chi connectivity index (χ2n) is 4.36. The number of carbonyl (C=O) groups is 1. The van der Waals surface area contributed by atoms with Gasteiger partial charge in [0, 0.05) is 0 Å². The van der Waals surface area contributed by atoms with Gasteiger partial charge < -0.3 is 0 Å². The summed E-state index contributed by atoms with van der Waals surface area (Å²) in [6.45, 7) is 6.36. The molecule has 0 aliphatic carbocycles. The third-order valence-electron chi connectivity index (χ3n) is 2.15. The van der Waals surface area contributed by atoms with Gasteiger partial charge in [-0.2, -0.15) is 4.89 Å². The highest BCUT2D eigenvalue weighted by atomic mass is 17.2. The van der Waals surface area contributed by atoms with Crippen LogP contribution in [0, 0.1) is 0 Å². The third kappa shape index (κ3) is 3.06. The molecule has 0 aromatic heterocycles. The first kappa shape index (κ1) is 11.7. The molecule has 0 N–H and O–H groups in total. The summed E-state index contributed by atoms with van der Waals surface area (Å²) in [6.07, 6.45) is 0. The molecule has 0 aliphatic heterocycles. The molecule has 0 fully saturated rings. The van der Waals surface area contributed by atoms with E-state index < -0.39 is 5.97 Å². The fourth-order valence-corrected chi connectivity index (χ4v) is 1.23. The van der Waals surface area contributed by atoms with E-state index in [1.165, 1.54) is 12.7 Å². The summed E-state index contributed by atoms with van der Waals surface area (Å²) >= 11 is 0. The monoisotopic (exact) mass is 208 g/mol. The quantitative estimate of drug-likeness (QED) is 0.553. The van der Waals surface area contributed by atoms with E-state index in [2.05, 4.69) is 30.5 Å². The zero-order valence-electron chi connectivity index (χ0n) is 9.53. The van der Waals surface area contributed by atoms with Gasteiger partial charge in [-0.15, -0.1) is 0 Å². The van der Waals surface area contributed by atoms with Gasteiger partial charge in [-0.1, -0.05) is 32.9 Å². The minimum absolute atomic E-state index is 0.0870. The maximum atomic E-state index is 11.3. The first-order chi connectivity index (χ1) is 6.95. The average Bonchev–Trinajstić information content (AvgIpc) is 2.17.